The summed E-state index contributed by atoms with van der Waals surface area (Å²) in [6.45, 7) is 0.464. The predicted molar refractivity (Wildman–Crippen MR) is 84.2 cm³/mol. The quantitative estimate of drug-likeness (QED) is 0.942. The molecule has 3 rings (SSSR count). The van der Waals surface area contributed by atoms with E-state index < -0.39 is 10.8 Å². The minimum absolute atomic E-state index is 0.0136. The number of halogens is 1. The van der Waals surface area contributed by atoms with Crippen LogP contribution in [0.25, 0.3) is 11.1 Å². The molecule has 110 valence electrons. The summed E-state index contributed by atoms with van der Waals surface area (Å²) in [5.41, 5.74) is 8.54. The minimum atomic E-state index is -1.06. The van der Waals surface area contributed by atoms with Crippen LogP contribution in [0, 0.1) is 0 Å². The van der Waals surface area contributed by atoms with Gasteiger partial charge in [0.25, 0.3) is 0 Å². The van der Waals surface area contributed by atoms with Crippen molar-refractivity contribution in [2.45, 2.75) is 17.4 Å². The largest absolute Gasteiger partial charge is 0.487 e. The minimum Gasteiger partial charge on any atom is -0.487 e. The number of fused-ring (bicyclic) bond motifs is 1. The summed E-state index contributed by atoms with van der Waals surface area (Å²) in [6, 6.07) is 5.76. The highest BCUT2D eigenvalue weighted by molar-refractivity contribution is 7.84. The number of benzene rings is 1. The van der Waals surface area contributed by atoms with Gasteiger partial charge < -0.3 is 10.5 Å². The normalized spacial score (nSPS) is 18.1. The fraction of sp³-hybridized carbons (Fsp3) is 0.267. The lowest BCUT2D eigenvalue weighted by atomic mass is 10.0. The molecule has 0 aliphatic carbocycles. The Hall–Kier alpha value is -1.43. The molecule has 21 heavy (non-hydrogen) atoms. The molecule has 0 radical (unpaired) electrons. The highest BCUT2D eigenvalue weighted by atomic mass is 35.5. The molecule has 1 aliphatic heterocycles. The molecule has 2 atom stereocenters. The van der Waals surface area contributed by atoms with Crippen molar-refractivity contribution < 1.29 is 8.95 Å². The first kappa shape index (κ1) is 14.5. The van der Waals surface area contributed by atoms with Crippen LogP contribution in [-0.2, 0) is 17.2 Å². The molecule has 4 nitrogen and oxygen atoms in total. The number of pyridine rings is 1. The van der Waals surface area contributed by atoms with Crippen molar-refractivity contribution in [2.24, 2.45) is 5.73 Å². The number of aromatic nitrogens is 1. The molecule has 1 aromatic carbocycles. The maximum atomic E-state index is 11.6. The Kier molecular flexibility index (Phi) is 3.97. The van der Waals surface area contributed by atoms with E-state index in [1.54, 1.807) is 18.6 Å². The third kappa shape index (κ3) is 2.81. The summed E-state index contributed by atoms with van der Waals surface area (Å²) in [4.78, 5) is 4.84. The number of hydrogen-bond acceptors (Lipinski definition) is 4. The van der Waals surface area contributed by atoms with Gasteiger partial charge in [0.15, 0.2) is 0 Å². The fourth-order valence-electron chi connectivity index (χ4n) is 2.42. The van der Waals surface area contributed by atoms with E-state index in [-0.39, 0.29) is 6.10 Å². The van der Waals surface area contributed by atoms with Gasteiger partial charge >= 0.3 is 0 Å². The van der Waals surface area contributed by atoms with E-state index in [4.69, 9.17) is 22.1 Å². The number of nitrogens with zero attached hydrogens (tertiary/aromatic N) is 1. The van der Waals surface area contributed by atoms with Crippen LogP contribution in [0.5, 0.6) is 5.75 Å². The maximum Gasteiger partial charge on any atom is 0.141 e. The van der Waals surface area contributed by atoms with E-state index in [2.05, 4.69) is 4.98 Å². The molecule has 0 fully saturated rings. The lowest BCUT2D eigenvalue weighted by Crippen LogP contribution is -2.24. The van der Waals surface area contributed by atoms with Crippen LogP contribution in [0.1, 0.15) is 5.56 Å². The molecular formula is C15H15ClN2O2S. The Bertz CT molecular complexity index is 721. The standard InChI is InChI=1S/C15H15ClN2O2S/c1-21(19)13-4-11(7-18-8-13)9-2-10-3-12(6-17)20-15(10)14(16)5-9/h2,4-5,7-8,12H,3,6,17H2,1H3. The predicted octanol–water partition coefficient (Wildman–Crippen LogP) is 2.40. The zero-order valence-corrected chi connectivity index (χ0v) is 13.1. The fourth-order valence-corrected chi connectivity index (χ4v) is 3.21. The summed E-state index contributed by atoms with van der Waals surface area (Å²) >= 11 is 6.30. The van der Waals surface area contributed by atoms with Gasteiger partial charge in [-0.3, -0.25) is 9.19 Å². The zero-order valence-electron chi connectivity index (χ0n) is 11.5. The Morgan fingerprint density at radius 2 is 2.19 bits per heavy atom. The Morgan fingerprint density at radius 1 is 1.38 bits per heavy atom. The molecule has 0 saturated heterocycles. The average molecular weight is 323 g/mol. The summed E-state index contributed by atoms with van der Waals surface area (Å²) in [6.07, 6.45) is 5.73. The van der Waals surface area contributed by atoms with Crippen LogP contribution in [0.15, 0.2) is 35.5 Å². The lowest BCUT2D eigenvalue weighted by molar-refractivity contribution is 0.241. The summed E-state index contributed by atoms with van der Waals surface area (Å²) in [5, 5.41) is 0.571. The van der Waals surface area contributed by atoms with Crippen molar-refractivity contribution in [3.63, 3.8) is 0 Å². The third-order valence-corrected chi connectivity index (χ3v) is 4.66. The van der Waals surface area contributed by atoms with Gasteiger partial charge in [0.05, 0.1) is 20.7 Å². The van der Waals surface area contributed by atoms with Crippen molar-refractivity contribution in [1.29, 1.82) is 0 Å². The number of ether oxygens (including phenoxy) is 1. The Balaban J connectivity index is 2.03. The molecule has 2 unspecified atom stereocenters. The first-order chi connectivity index (χ1) is 10.1. The second-order valence-corrected chi connectivity index (χ2v) is 6.78. The average Bonchev–Trinajstić information content (AvgIpc) is 2.91. The molecule has 2 N–H and O–H groups in total. The number of hydrogen-bond donors (Lipinski definition) is 1. The Labute approximate surface area is 130 Å². The molecule has 2 heterocycles. The van der Waals surface area contributed by atoms with Gasteiger partial charge in [-0.15, -0.1) is 0 Å². The molecule has 0 bridgehead atoms. The second kappa shape index (κ2) is 5.75. The summed E-state index contributed by atoms with van der Waals surface area (Å²) in [5.74, 6) is 0.721. The van der Waals surface area contributed by atoms with Crippen LogP contribution in [-0.4, -0.2) is 28.1 Å². The van der Waals surface area contributed by atoms with E-state index in [1.807, 2.05) is 18.2 Å². The van der Waals surface area contributed by atoms with Crippen LogP contribution in [0.2, 0.25) is 5.02 Å². The van der Waals surface area contributed by atoms with Crippen molar-refractivity contribution in [1.82, 2.24) is 4.98 Å². The van der Waals surface area contributed by atoms with Crippen molar-refractivity contribution >= 4 is 22.4 Å². The van der Waals surface area contributed by atoms with Crippen molar-refractivity contribution in [2.75, 3.05) is 12.8 Å². The molecule has 6 heteroatoms. The molecule has 2 aromatic rings. The van der Waals surface area contributed by atoms with Gasteiger partial charge in [-0.05, 0) is 23.8 Å². The van der Waals surface area contributed by atoms with Crippen molar-refractivity contribution in [3.05, 3.63) is 41.2 Å². The van der Waals surface area contributed by atoms with E-state index >= 15 is 0 Å². The first-order valence-electron chi connectivity index (χ1n) is 6.56. The van der Waals surface area contributed by atoms with Gasteiger partial charge in [-0.1, -0.05) is 11.6 Å². The van der Waals surface area contributed by atoms with E-state index in [0.717, 1.165) is 28.9 Å². The third-order valence-electron chi connectivity index (χ3n) is 3.49. The van der Waals surface area contributed by atoms with Gasteiger partial charge in [-0.25, -0.2) is 0 Å². The van der Waals surface area contributed by atoms with Gasteiger partial charge in [0.2, 0.25) is 0 Å². The molecule has 0 amide bonds. The summed E-state index contributed by atoms with van der Waals surface area (Å²) in [7, 11) is -1.06. The topological polar surface area (TPSA) is 65.2 Å². The van der Waals surface area contributed by atoms with Crippen molar-refractivity contribution in [3.8, 4) is 16.9 Å². The van der Waals surface area contributed by atoms with Crippen LogP contribution < -0.4 is 10.5 Å². The monoisotopic (exact) mass is 322 g/mol. The molecule has 0 saturated carbocycles. The first-order valence-corrected chi connectivity index (χ1v) is 8.50. The maximum absolute atomic E-state index is 11.6. The van der Waals surface area contributed by atoms with Gasteiger partial charge in [-0.2, -0.15) is 0 Å². The van der Waals surface area contributed by atoms with Crippen LogP contribution in [0.4, 0.5) is 0 Å². The van der Waals surface area contributed by atoms with Crippen LogP contribution >= 0.6 is 11.6 Å². The zero-order chi connectivity index (χ0) is 15.0. The highest BCUT2D eigenvalue weighted by Crippen LogP contribution is 2.39. The van der Waals surface area contributed by atoms with Gasteiger partial charge in [0, 0.05) is 42.7 Å². The Morgan fingerprint density at radius 3 is 2.90 bits per heavy atom. The van der Waals surface area contributed by atoms with E-state index in [1.165, 1.54) is 0 Å². The molecule has 1 aliphatic rings. The van der Waals surface area contributed by atoms with Crippen LogP contribution in [0.3, 0.4) is 0 Å². The molecule has 0 spiro atoms. The lowest BCUT2D eigenvalue weighted by Gasteiger charge is -2.09. The number of nitrogens with two attached hydrogens (primary N) is 1. The van der Waals surface area contributed by atoms with E-state index in [9.17, 15) is 4.21 Å². The smallest absolute Gasteiger partial charge is 0.141 e. The summed E-state index contributed by atoms with van der Waals surface area (Å²) < 4.78 is 17.3. The highest BCUT2D eigenvalue weighted by Gasteiger charge is 2.25. The van der Waals surface area contributed by atoms with E-state index in [0.29, 0.717) is 16.5 Å². The SMILES string of the molecule is CS(=O)c1cncc(-c2cc(Cl)c3c(c2)CC(CN)O3)c1. The number of rotatable bonds is 3. The van der Waals surface area contributed by atoms with Gasteiger partial charge in [0.1, 0.15) is 11.9 Å². The molecular weight excluding hydrogens is 308 g/mol. The second-order valence-electron chi connectivity index (χ2n) is 4.99. The molecule has 1 aromatic heterocycles.